The Bertz CT molecular complexity index is 926. The minimum Gasteiger partial charge on any atom is -0.482 e. The van der Waals surface area contributed by atoms with E-state index in [9.17, 15) is 9.59 Å². The molecule has 0 aliphatic heterocycles. The Labute approximate surface area is 144 Å². The number of pyridine rings is 1. The summed E-state index contributed by atoms with van der Waals surface area (Å²) < 4.78 is 11.6. The highest BCUT2D eigenvalue weighted by Crippen LogP contribution is 2.14. The molecule has 0 bridgehead atoms. The molecule has 0 fully saturated rings. The van der Waals surface area contributed by atoms with Crippen LogP contribution in [0.25, 0.3) is 11.7 Å². The molecule has 0 aliphatic rings. The highest BCUT2D eigenvalue weighted by atomic mass is 16.6. The SMILES string of the molecule is COC(=O)COc1ccc(C(=O)/C=C/c2cnc3ccccn23)cc1. The Morgan fingerprint density at radius 3 is 2.72 bits per heavy atom. The Kier molecular flexibility index (Phi) is 4.89. The number of nitrogens with zero attached hydrogens (tertiary/aromatic N) is 2. The zero-order valence-corrected chi connectivity index (χ0v) is 13.6. The highest BCUT2D eigenvalue weighted by molar-refractivity contribution is 6.06. The molecular formula is C19H16N2O4. The van der Waals surface area contributed by atoms with Gasteiger partial charge in [0.25, 0.3) is 0 Å². The Balaban J connectivity index is 1.67. The first-order chi connectivity index (χ1) is 12.2. The van der Waals surface area contributed by atoms with Crippen molar-refractivity contribution in [3.63, 3.8) is 0 Å². The molecule has 0 radical (unpaired) electrons. The van der Waals surface area contributed by atoms with Gasteiger partial charge >= 0.3 is 5.97 Å². The number of methoxy groups -OCH3 is 1. The number of hydrogen-bond donors (Lipinski definition) is 0. The molecule has 0 aliphatic carbocycles. The van der Waals surface area contributed by atoms with Crippen molar-refractivity contribution < 1.29 is 19.1 Å². The molecule has 1 aromatic carbocycles. The van der Waals surface area contributed by atoms with Gasteiger partial charge in [0.05, 0.1) is 19.0 Å². The quantitative estimate of drug-likeness (QED) is 0.393. The first kappa shape index (κ1) is 16.4. The number of allylic oxidation sites excluding steroid dienone is 1. The maximum absolute atomic E-state index is 12.3. The fourth-order valence-corrected chi connectivity index (χ4v) is 2.25. The third-order valence-electron chi connectivity index (χ3n) is 3.57. The van der Waals surface area contributed by atoms with Gasteiger partial charge in [-0.05, 0) is 48.6 Å². The second-order valence-electron chi connectivity index (χ2n) is 5.20. The van der Waals surface area contributed by atoms with Crippen molar-refractivity contribution in [3.05, 3.63) is 72.2 Å². The number of esters is 1. The zero-order chi connectivity index (χ0) is 17.6. The van der Waals surface area contributed by atoms with Gasteiger partial charge in [-0.25, -0.2) is 9.78 Å². The van der Waals surface area contributed by atoms with Gasteiger partial charge in [-0.15, -0.1) is 0 Å². The number of ether oxygens (including phenoxy) is 2. The number of rotatable bonds is 6. The molecule has 0 unspecified atom stereocenters. The van der Waals surface area contributed by atoms with Gasteiger partial charge in [0, 0.05) is 11.8 Å². The third kappa shape index (κ3) is 3.92. The molecule has 3 aromatic rings. The summed E-state index contributed by atoms with van der Waals surface area (Å²) in [5, 5.41) is 0. The second kappa shape index (κ2) is 7.44. The number of aromatic nitrogens is 2. The predicted molar refractivity (Wildman–Crippen MR) is 92.5 cm³/mol. The minimum atomic E-state index is -0.462. The predicted octanol–water partition coefficient (Wildman–Crippen LogP) is 2.78. The third-order valence-corrected chi connectivity index (χ3v) is 3.57. The molecule has 0 saturated carbocycles. The number of imidazole rings is 1. The van der Waals surface area contributed by atoms with Crippen molar-refractivity contribution >= 4 is 23.5 Å². The number of hydrogen-bond acceptors (Lipinski definition) is 5. The van der Waals surface area contributed by atoms with Gasteiger partial charge in [0.15, 0.2) is 12.4 Å². The topological polar surface area (TPSA) is 69.9 Å². The summed E-state index contributed by atoms with van der Waals surface area (Å²) in [6, 6.07) is 12.3. The number of fused-ring (bicyclic) bond motifs is 1. The Morgan fingerprint density at radius 1 is 1.16 bits per heavy atom. The van der Waals surface area contributed by atoms with Crippen molar-refractivity contribution in [1.29, 1.82) is 0 Å². The largest absolute Gasteiger partial charge is 0.482 e. The van der Waals surface area contributed by atoms with Crippen molar-refractivity contribution in [3.8, 4) is 5.75 Å². The normalized spacial score (nSPS) is 10.9. The molecular weight excluding hydrogens is 320 g/mol. The van der Waals surface area contributed by atoms with Crippen LogP contribution >= 0.6 is 0 Å². The van der Waals surface area contributed by atoms with E-state index in [4.69, 9.17) is 4.74 Å². The molecule has 2 aromatic heterocycles. The highest BCUT2D eigenvalue weighted by Gasteiger charge is 2.05. The van der Waals surface area contributed by atoms with Crippen molar-refractivity contribution in [2.24, 2.45) is 0 Å². The first-order valence-corrected chi connectivity index (χ1v) is 7.61. The van der Waals surface area contributed by atoms with Gasteiger partial charge in [0.2, 0.25) is 0 Å². The van der Waals surface area contributed by atoms with E-state index in [0.717, 1.165) is 11.3 Å². The van der Waals surface area contributed by atoms with Crippen LogP contribution in [0.4, 0.5) is 0 Å². The summed E-state index contributed by atoms with van der Waals surface area (Å²) in [5.74, 6) is -0.103. The molecule has 0 N–H and O–H groups in total. The zero-order valence-electron chi connectivity index (χ0n) is 13.6. The molecule has 0 atom stereocenters. The fourth-order valence-electron chi connectivity index (χ4n) is 2.25. The molecule has 126 valence electrons. The number of benzene rings is 1. The lowest BCUT2D eigenvalue weighted by Crippen LogP contribution is -2.12. The van der Waals surface area contributed by atoms with Gasteiger partial charge in [-0.1, -0.05) is 6.07 Å². The lowest BCUT2D eigenvalue weighted by Gasteiger charge is -2.04. The molecule has 25 heavy (non-hydrogen) atoms. The lowest BCUT2D eigenvalue weighted by atomic mass is 10.1. The van der Waals surface area contributed by atoms with Gasteiger partial charge in [0.1, 0.15) is 11.4 Å². The smallest absolute Gasteiger partial charge is 0.343 e. The fraction of sp³-hybridized carbons (Fsp3) is 0.105. The van der Waals surface area contributed by atoms with E-state index < -0.39 is 5.97 Å². The van der Waals surface area contributed by atoms with Crippen LogP contribution in [0.5, 0.6) is 5.75 Å². The lowest BCUT2D eigenvalue weighted by molar-refractivity contribution is -0.142. The summed E-state index contributed by atoms with van der Waals surface area (Å²) >= 11 is 0. The van der Waals surface area contributed by atoms with Crippen LogP contribution in [0.2, 0.25) is 0 Å². The monoisotopic (exact) mass is 336 g/mol. The van der Waals surface area contributed by atoms with E-state index in [2.05, 4.69) is 9.72 Å². The number of carbonyl (C=O) groups excluding carboxylic acids is 2. The van der Waals surface area contributed by atoms with Gasteiger partial charge < -0.3 is 13.9 Å². The molecule has 6 heteroatoms. The molecule has 0 amide bonds. The summed E-state index contributed by atoms with van der Waals surface area (Å²) in [6.07, 6.45) is 6.83. The Hall–Kier alpha value is -3.41. The summed E-state index contributed by atoms with van der Waals surface area (Å²) in [4.78, 5) is 27.6. The molecule has 0 spiro atoms. The maximum Gasteiger partial charge on any atom is 0.343 e. The van der Waals surface area contributed by atoms with Crippen LogP contribution in [0.1, 0.15) is 16.1 Å². The molecule has 2 heterocycles. The first-order valence-electron chi connectivity index (χ1n) is 7.61. The average molecular weight is 336 g/mol. The maximum atomic E-state index is 12.3. The number of ketones is 1. The van der Waals surface area contributed by atoms with Crippen LogP contribution in [0.15, 0.2) is 60.9 Å². The molecule has 0 saturated heterocycles. The van der Waals surface area contributed by atoms with E-state index >= 15 is 0 Å². The average Bonchev–Trinajstić information content (AvgIpc) is 3.07. The van der Waals surface area contributed by atoms with Crippen LogP contribution < -0.4 is 4.74 Å². The van der Waals surface area contributed by atoms with Gasteiger partial charge in [-0.3, -0.25) is 4.79 Å². The summed E-state index contributed by atoms with van der Waals surface area (Å²) in [6.45, 7) is -0.169. The van der Waals surface area contributed by atoms with Crippen molar-refractivity contribution in [1.82, 2.24) is 9.38 Å². The number of carbonyl (C=O) groups is 2. The van der Waals surface area contributed by atoms with E-state index in [1.165, 1.54) is 13.2 Å². The van der Waals surface area contributed by atoms with Crippen LogP contribution in [0, 0.1) is 0 Å². The Morgan fingerprint density at radius 2 is 1.96 bits per heavy atom. The van der Waals surface area contributed by atoms with E-state index in [1.807, 2.05) is 28.8 Å². The van der Waals surface area contributed by atoms with Crippen LogP contribution in [0.3, 0.4) is 0 Å². The standard InChI is InChI=1S/C19H16N2O4/c1-24-19(23)13-25-16-8-5-14(6-9-16)17(22)10-7-15-12-20-18-4-2-3-11-21(15)18/h2-12H,13H2,1H3/b10-7+. The molecule has 3 rings (SSSR count). The van der Waals surface area contributed by atoms with Crippen LogP contribution in [-0.4, -0.2) is 34.9 Å². The van der Waals surface area contributed by atoms with Crippen molar-refractivity contribution in [2.75, 3.05) is 13.7 Å². The van der Waals surface area contributed by atoms with Gasteiger partial charge in [-0.2, -0.15) is 0 Å². The molecule has 6 nitrogen and oxygen atoms in total. The summed E-state index contributed by atoms with van der Waals surface area (Å²) in [5.41, 5.74) is 2.17. The summed E-state index contributed by atoms with van der Waals surface area (Å²) in [7, 11) is 1.30. The van der Waals surface area contributed by atoms with Crippen molar-refractivity contribution in [2.45, 2.75) is 0 Å². The van der Waals surface area contributed by atoms with E-state index in [1.54, 1.807) is 36.5 Å². The van der Waals surface area contributed by atoms with Crippen LogP contribution in [-0.2, 0) is 9.53 Å². The second-order valence-corrected chi connectivity index (χ2v) is 5.20. The minimum absolute atomic E-state index is 0.134. The van der Waals surface area contributed by atoms with E-state index in [-0.39, 0.29) is 12.4 Å². The van der Waals surface area contributed by atoms with E-state index in [0.29, 0.717) is 11.3 Å².